The predicted octanol–water partition coefficient (Wildman–Crippen LogP) is -2.66. The fourth-order valence-corrected chi connectivity index (χ4v) is 1.33. The lowest BCUT2D eigenvalue weighted by Gasteiger charge is -2.14. The van der Waals surface area contributed by atoms with Crippen LogP contribution in [0.3, 0.4) is 0 Å². The number of carbonyl (C=O) groups excluding carboxylic acids is 2. The summed E-state index contributed by atoms with van der Waals surface area (Å²) >= 11 is 0. The lowest BCUT2D eigenvalue weighted by atomic mass is 10.1. The molecule has 0 rings (SSSR count). The number of hydrogen-bond acceptors (Lipinski definition) is 6. The number of carbonyl (C=O) groups is 5. The van der Waals surface area contributed by atoms with E-state index in [-0.39, 0.29) is 12.8 Å². The van der Waals surface area contributed by atoms with Gasteiger partial charge in [-0.25, -0.2) is 4.79 Å². The molecule has 0 heterocycles. The maximum absolute atomic E-state index is 11.4. The van der Waals surface area contributed by atoms with Crippen LogP contribution in [0, 0.1) is 0 Å². The molecule has 0 saturated carbocycles. The Balaban J connectivity index is 4.25. The van der Waals surface area contributed by atoms with Crippen LogP contribution in [0.1, 0.15) is 19.3 Å². The predicted molar refractivity (Wildman–Crippen MR) is 69.7 cm³/mol. The Kier molecular flexibility index (Phi) is 8.15. The second-order valence-corrected chi connectivity index (χ2v) is 4.31. The van der Waals surface area contributed by atoms with E-state index in [1.165, 1.54) is 0 Å². The normalized spacial score (nSPS) is 12.8. The summed E-state index contributed by atoms with van der Waals surface area (Å²) in [4.78, 5) is 54.3. The number of carboxylic acids is 3. The number of rotatable bonds is 10. The van der Waals surface area contributed by atoms with Crippen molar-refractivity contribution in [2.24, 2.45) is 5.73 Å². The van der Waals surface area contributed by atoms with Gasteiger partial charge in [-0.1, -0.05) is 0 Å². The van der Waals surface area contributed by atoms with Gasteiger partial charge >= 0.3 is 17.9 Å². The largest absolute Gasteiger partial charge is 0.481 e. The van der Waals surface area contributed by atoms with Gasteiger partial charge in [0.2, 0.25) is 11.8 Å². The molecular weight excluding hydrogens is 302 g/mol. The first-order valence-electron chi connectivity index (χ1n) is 6.12. The van der Waals surface area contributed by atoms with E-state index in [9.17, 15) is 24.0 Å². The van der Waals surface area contributed by atoms with Crippen LogP contribution in [0.25, 0.3) is 0 Å². The molecule has 0 aromatic rings. The van der Waals surface area contributed by atoms with Crippen LogP contribution in [0.4, 0.5) is 0 Å². The first-order valence-corrected chi connectivity index (χ1v) is 6.12. The molecule has 7 N–H and O–H groups in total. The highest BCUT2D eigenvalue weighted by Crippen LogP contribution is 1.95. The molecule has 11 heteroatoms. The van der Waals surface area contributed by atoms with Gasteiger partial charge in [0.15, 0.2) is 0 Å². The number of amides is 2. The molecule has 22 heavy (non-hydrogen) atoms. The van der Waals surface area contributed by atoms with Crippen molar-refractivity contribution in [2.75, 3.05) is 6.54 Å². The van der Waals surface area contributed by atoms with E-state index in [0.717, 1.165) is 0 Å². The highest BCUT2D eigenvalue weighted by molar-refractivity contribution is 5.90. The third kappa shape index (κ3) is 8.47. The second kappa shape index (κ2) is 9.28. The Bertz CT molecular complexity index is 464. The molecule has 0 aromatic carbocycles. The maximum Gasteiger partial charge on any atom is 0.326 e. The monoisotopic (exact) mass is 319 g/mol. The molecule has 2 amide bonds. The number of carboxylic acid groups (broad SMARTS) is 3. The molecule has 0 aliphatic carbocycles. The third-order valence-corrected chi connectivity index (χ3v) is 2.44. The maximum atomic E-state index is 11.4. The minimum absolute atomic E-state index is 0.125. The van der Waals surface area contributed by atoms with Crippen molar-refractivity contribution in [3.8, 4) is 0 Å². The van der Waals surface area contributed by atoms with Crippen molar-refractivity contribution in [2.45, 2.75) is 31.3 Å². The fourth-order valence-electron chi connectivity index (χ4n) is 1.33. The molecule has 0 aromatic heterocycles. The van der Waals surface area contributed by atoms with Crippen LogP contribution >= 0.6 is 0 Å². The highest BCUT2D eigenvalue weighted by Gasteiger charge is 2.23. The van der Waals surface area contributed by atoms with Crippen LogP contribution in [0.5, 0.6) is 0 Å². The average molecular weight is 319 g/mol. The van der Waals surface area contributed by atoms with Crippen LogP contribution in [0.2, 0.25) is 0 Å². The second-order valence-electron chi connectivity index (χ2n) is 4.31. The van der Waals surface area contributed by atoms with Crippen LogP contribution in [-0.4, -0.2) is 63.7 Å². The zero-order valence-electron chi connectivity index (χ0n) is 11.4. The summed E-state index contributed by atoms with van der Waals surface area (Å²) in [7, 11) is 0. The van der Waals surface area contributed by atoms with E-state index in [0.29, 0.717) is 0 Å². The van der Waals surface area contributed by atoms with Gasteiger partial charge in [-0.15, -0.1) is 0 Å². The zero-order valence-corrected chi connectivity index (χ0v) is 11.4. The summed E-state index contributed by atoms with van der Waals surface area (Å²) in [6.07, 6.45) is -1.26. The summed E-state index contributed by atoms with van der Waals surface area (Å²) in [5, 5.41) is 29.7. The number of hydrogen-bond donors (Lipinski definition) is 6. The molecule has 0 unspecified atom stereocenters. The van der Waals surface area contributed by atoms with E-state index in [1.54, 1.807) is 0 Å². The smallest absolute Gasteiger partial charge is 0.326 e. The Hall–Kier alpha value is -2.69. The summed E-state index contributed by atoms with van der Waals surface area (Å²) < 4.78 is 0. The summed E-state index contributed by atoms with van der Waals surface area (Å²) in [5.41, 5.74) is 5.39. The van der Waals surface area contributed by atoms with Crippen molar-refractivity contribution >= 4 is 29.7 Å². The van der Waals surface area contributed by atoms with Gasteiger partial charge in [0.25, 0.3) is 0 Å². The minimum Gasteiger partial charge on any atom is -0.481 e. The molecule has 0 spiro atoms. The Labute approximate surface area is 124 Å². The van der Waals surface area contributed by atoms with Gasteiger partial charge in [0.1, 0.15) is 6.04 Å². The van der Waals surface area contributed by atoms with E-state index in [4.69, 9.17) is 21.1 Å². The summed E-state index contributed by atoms with van der Waals surface area (Å²) in [5.74, 6) is -5.75. The Morgan fingerprint density at radius 1 is 1.00 bits per heavy atom. The Morgan fingerprint density at radius 2 is 1.59 bits per heavy atom. The molecule has 0 bridgehead atoms. The molecule has 2 atom stereocenters. The third-order valence-electron chi connectivity index (χ3n) is 2.44. The van der Waals surface area contributed by atoms with Crippen molar-refractivity contribution in [1.29, 1.82) is 0 Å². The SMILES string of the molecule is N[C@@H](CCC(=O)O)C(=O)NCC(=O)N[C@@H](CC(=O)O)C(=O)O. The van der Waals surface area contributed by atoms with Crippen molar-refractivity contribution in [3.05, 3.63) is 0 Å². The molecule has 0 aliphatic heterocycles. The molecule has 11 nitrogen and oxygen atoms in total. The van der Waals surface area contributed by atoms with Crippen molar-refractivity contribution < 1.29 is 39.3 Å². The molecule has 124 valence electrons. The molecular formula is C11H17N3O8. The standard InChI is InChI=1S/C11H17N3O8/c12-5(1-2-8(16)17)10(20)13-4-7(15)14-6(11(21)22)3-9(18)19/h5-6H,1-4,12H2,(H,13,20)(H,14,15)(H,16,17)(H,18,19)(H,21,22)/t5-,6-/m0/s1. The van der Waals surface area contributed by atoms with Gasteiger partial charge in [0.05, 0.1) is 19.0 Å². The molecule has 0 saturated heterocycles. The number of nitrogens with one attached hydrogen (secondary N) is 2. The van der Waals surface area contributed by atoms with Gasteiger partial charge < -0.3 is 31.7 Å². The van der Waals surface area contributed by atoms with E-state index in [1.807, 2.05) is 5.32 Å². The number of nitrogens with two attached hydrogens (primary N) is 1. The van der Waals surface area contributed by atoms with E-state index >= 15 is 0 Å². The minimum atomic E-state index is -1.62. The van der Waals surface area contributed by atoms with Crippen molar-refractivity contribution in [1.82, 2.24) is 10.6 Å². The highest BCUT2D eigenvalue weighted by atomic mass is 16.4. The fraction of sp³-hybridized carbons (Fsp3) is 0.545. The molecule has 0 aliphatic rings. The number of aliphatic carboxylic acids is 3. The average Bonchev–Trinajstić information content (AvgIpc) is 2.40. The van der Waals surface area contributed by atoms with Crippen LogP contribution < -0.4 is 16.4 Å². The van der Waals surface area contributed by atoms with E-state index in [2.05, 4.69) is 5.32 Å². The van der Waals surface area contributed by atoms with Crippen LogP contribution in [0.15, 0.2) is 0 Å². The molecule has 0 radical (unpaired) electrons. The van der Waals surface area contributed by atoms with Gasteiger partial charge in [-0.05, 0) is 6.42 Å². The van der Waals surface area contributed by atoms with Gasteiger partial charge in [-0.2, -0.15) is 0 Å². The zero-order chi connectivity index (χ0) is 17.3. The quantitative estimate of drug-likeness (QED) is 0.249. The van der Waals surface area contributed by atoms with Gasteiger partial charge in [0, 0.05) is 6.42 Å². The lowest BCUT2D eigenvalue weighted by molar-refractivity contribution is -0.147. The Morgan fingerprint density at radius 3 is 2.05 bits per heavy atom. The first kappa shape index (κ1) is 19.3. The van der Waals surface area contributed by atoms with E-state index < -0.39 is 54.8 Å². The van der Waals surface area contributed by atoms with Crippen LogP contribution in [-0.2, 0) is 24.0 Å². The molecule has 0 fully saturated rings. The van der Waals surface area contributed by atoms with Gasteiger partial charge in [-0.3, -0.25) is 19.2 Å². The summed E-state index contributed by atoms with van der Waals surface area (Å²) in [6, 6.07) is -2.75. The first-order chi connectivity index (χ1) is 10.1. The lowest BCUT2D eigenvalue weighted by Crippen LogP contribution is -2.49. The topological polar surface area (TPSA) is 196 Å². The summed E-state index contributed by atoms with van der Waals surface area (Å²) in [6.45, 7) is -0.608. The van der Waals surface area contributed by atoms with Crippen molar-refractivity contribution in [3.63, 3.8) is 0 Å².